The van der Waals surface area contributed by atoms with Crippen molar-refractivity contribution in [1.29, 1.82) is 0 Å². The highest BCUT2D eigenvalue weighted by Crippen LogP contribution is 2.34. The minimum Gasteiger partial charge on any atom is -0.454 e. The van der Waals surface area contributed by atoms with Crippen LogP contribution >= 0.6 is 12.1 Å². The molecule has 0 spiro atoms. The van der Waals surface area contributed by atoms with Crippen LogP contribution in [-0.2, 0) is 0 Å². The van der Waals surface area contributed by atoms with E-state index >= 15 is 0 Å². The lowest BCUT2D eigenvalue weighted by Gasteiger charge is -2.17. The number of benzene rings is 2. The zero-order valence-electron chi connectivity index (χ0n) is 14.3. The van der Waals surface area contributed by atoms with Crippen molar-refractivity contribution in [1.82, 2.24) is 14.3 Å². The number of hydrogen-bond acceptors (Lipinski definition) is 6. The quantitative estimate of drug-likeness (QED) is 0.639. The first-order valence-electron chi connectivity index (χ1n) is 7.90. The number of ether oxygens (including phenoxy) is 1. The van der Waals surface area contributed by atoms with Gasteiger partial charge in [0.25, 0.3) is 0 Å². The lowest BCUT2D eigenvalue weighted by atomic mass is 10.1. The van der Waals surface area contributed by atoms with Crippen LogP contribution in [0.15, 0.2) is 42.7 Å². The number of halogens is 1. The highest BCUT2D eigenvalue weighted by Gasteiger charge is 2.13. The van der Waals surface area contributed by atoms with Crippen molar-refractivity contribution >= 4 is 28.9 Å². The van der Waals surface area contributed by atoms with E-state index in [4.69, 9.17) is 4.74 Å². The van der Waals surface area contributed by atoms with Crippen LogP contribution in [0.2, 0.25) is 0 Å². The summed E-state index contributed by atoms with van der Waals surface area (Å²) in [5.74, 6) is 0.314. The molecule has 1 aromatic heterocycles. The fraction of sp³-hybridized carbons (Fsp3) is 0.222. The molecule has 0 fully saturated rings. The van der Waals surface area contributed by atoms with Crippen molar-refractivity contribution in [2.24, 2.45) is 0 Å². The van der Waals surface area contributed by atoms with E-state index in [9.17, 15) is 4.39 Å². The zero-order chi connectivity index (χ0) is 17.8. The lowest BCUT2D eigenvalue weighted by molar-refractivity contribution is 0.439. The topological polar surface area (TPSA) is 50.3 Å². The van der Waals surface area contributed by atoms with Crippen LogP contribution in [0.4, 0.5) is 10.1 Å². The van der Waals surface area contributed by atoms with E-state index < -0.39 is 5.82 Å². The molecule has 0 aliphatic heterocycles. The number of fused-ring (bicyclic) bond motifs is 1. The van der Waals surface area contributed by atoms with Crippen LogP contribution < -0.4 is 9.46 Å². The third kappa shape index (κ3) is 4.00. The molecule has 130 valence electrons. The van der Waals surface area contributed by atoms with Crippen LogP contribution in [0.1, 0.15) is 12.5 Å². The maximum atomic E-state index is 14.3. The summed E-state index contributed by atoms with van der Waals surface area (Å²) in [6, 6.07) is 8.42. The van der Waals surface area contributed by atoms with Gasteiger partial charge in [-0.15, -0.1) is 0 Å². The van der Waals surface area contributed by atoms with Crippen molar-refractivity contribution < 1.29 is 9.13 Å². The number of anilines is 1. The molecule has 0 atom stereocenters. The Balaban J connectivity index is 1.87. The largest absolute Gasteiger partial charge is 0.454 e. The molecule has 0 amide bonds. The Kier molecular flexibility index (Phi) is 5.35. The molecule has 2 aromatic carbocycles. The molecule has 0 saturated heterocycles. The summed E-state index contributed by atoms with van der Waals surface area (Å²) in [7, 11) is 1.98. The molecule has 5 nitrogen and oxygen atoms in total. The maximum Gasteiger partial charge on any atom is 0.168 e. The van der Waals surface area contributed by atoms with Gasteiger partial charge in [-0.3, -0.25) is 9.97 Å². The van der Waals surface area contributed by atoms with Crippen molar-refractivity contribution in [3.05, 3.63) is 54.1 Å². The molecule has 1 heterocycles. The summed E-state index contributed by atoms with van der Waals surface area (Å²) in [5.41, 5.74) is 2.98. The predicted molar refractivity (Wildman–Crippen MR) is 100 cm³/mol. The zero-order valence-corrected chi connectivity index (χ0v) is 15.1. The van der Waals surface area contributed by atoms with Crippen molar-refractivity contribution in [3.63, 3.8) is 0 Å². The predicted octanol–water partition coefficient (Wildman–Crippen LogP) is 4.80. The van der Waals surface area contributed by atoms with Crippen LogP contribution in [-0.4, -0.2) is 27.9 Å². The average molecular weight is 358 g/mol. The van der Waals surface area contributed by atoms with Crippen LogP contribution in [0.3, 0.4) is 0 Å². The standard InChI is InChI=1S/C18H19FN4OS/c1-4-23(3)25-22-15-8-6-14(19)18(12(15)2)24-13-5-7-16-17(11-13)21-10-9-20-16/h5-11,22H,4H2,1-3H3. The van der Waals surface area contributed by atoms with Gasteiger partial charge in [-0.2, -0.15) is 0 Å². The smallest absolute Gasteiger partial charge is 0.168 e. The summed E-state index contributed by atoms with van der Waals surface area (Å²) < 4.78 is 25.4. The highest BCUT2D eigenvalue weighted by atomic mass is 32.2. The summed E-state index contributed by atoms with van der Waals surface area (Å²) >= 11 is 1.45. The molecule has 0 aliphatic rings. The Morgan fingerprint density at radius 1 is 1.16 bits per heavy atom. The Hall–Kier alpha value is -2.38. The Labute approximate surface area is 150 Å². The number of nitrogens with one attached hydrogen (secondary N) is 1. The third-order valence-corrected chi connectivity index (χ3v) is 4.66. The lowest BCUT2D eigenvalue weighted by Crippen LogP contribution is -2.11. The molecule has 0 radical (unpaired) electrons. The van der Waals surface area contributed by atoms with E-state index in [2.05, 4.69) is 21.6 Å². The summed E-state index contributed by atoms with van der Waals surface area (Å²) in [6.07, 6.45) is 3.25. The van der Waals surface area contributed by atoms with Gasteiger partial charge >= 0.3 is 0 Å². The molecule has 0 aliphatic carbocycles. The van der Waals surface area contributed by atoms with Gasteiger partial charge in [0.2, 0.25) is 0 Å². The fourth-order valence-electron chi connectivity index (χ4n) is 2.21. The molecular weight excluding hydrogens is 339 g/mol. The molecule has 3 rings (SSSR count). The van der Waals surface area contributed by atoms with Gasteiger partial charge in [-0.25, -0.2) is 8.70 Å². The normalized spacial score (nSPS) is 11.1. The van der Waals surface area contributed by atoms with Crippen molar-refractivity contribution in [2.45, 2.75) is 13.8 Å². The van der Waals surface area contributed by atoms with Crippen LogP contribution in [0.25, 0.3) is 11.0 Å². The second-order valence-electron chi connectivity index (χ2n) is 5.50. The second-order valence-corrected chi connectivity index (χ2v) is 6.51. The van der Waals surface area contributed by atoms with E-state index in [0.717, 1.165) is 17.7 Å². The van der Waals surface area contributed by atoms with Gasteiger partial charge in [-0.05, 0) is 38.2 Å². The van der Waals surface area contributed by atoms with Gasteiger partial charge in [-0.1, -0.05) is 6.92 Å². The maximum absolute atomic E-state index is 14.3. The first kappa shape index (κ1) is 17.4. The minimum absolute atomic E-state index is 0.202. The van der Waals surface area contributed by atoms with Gasteiger partial charge in [0, 0.05) is 42.7 Å². The summed E-state index contributed by atoms with van der Waals surface area (Å²) in [5, 5.41) is 0. The fourth-order valence-corrected chi connectivity index (χ4v) is 2.81. The second kappa shape index (κ2) is 7.67. The minimum atomic E-state index is -0.406. The molecule has 0 bridgehead atoms. The molecule has 25 heavy (non-hydrogen) atoms. The van der Waals surface area contributed by atoms with E-state index in [1.54, 1.807) is 36.7 Å². The number of hydrogen-bond donors (Lipinski definition) is 1. The Bertz CT molecular complexity index is 890. The van der Waals surface area contributed by atoms with Crippen molar-refractivity contribution in [2.75, 3.05) is 18.3 Å². The summed E-state index contributed by atoms with van der Waals surface area (Å²) in [6.45, 7) is 4.77. The number of nitrogens with zero attached hydrogens (tertiary/aromatic N) is 3. The van der Waals surface area contributed by atoms with Crippen LogP contribution in [0.5, 0.6) is 11.5 Å². The van der Waals surface area contributed by atoms with Gasteiger partial charge in [0.1, 0.15) is 5.75 Å². The Morgan fingerprint density at radius 3 is 2.68 bits per heavy atom. The van der Waals surface area contributed by atoms with E-state index in [1.165, 1.54) is 18.2 Å². The first-order valence-corrected chi connectivity index (χ1v) is 8.67. The van der Waals surface area contributed by atoms with Gasteiger partial charge in [0.05, 0.1) is 16.7 Å². The number of aromatic nitrogens is 2. The molecule has 0 unspecified atom stereocenters. The third-order valence-electron chi connectivity index (χ3n) is 3.78. The monoisotopic (exact) mass is 358 g/mol. The number of rotatable bonds is 6. The SMILES string of the molecule is CCN(C)SNc1ccc(F)c(Oc2ccc3nccnc3c2)c1C. The molecule has 0 saturated carbocycles. The molecular formula is C18H19FN4OS. The first-order chi connectivity index (χ1) is 12.1. The molecule has 3 aromatic rings. The highest BCUT2D eigenvalue weighted by molar-refractivity contribution is 7.98. The molecule has 1 N–H and O–H groups in total. The van der Waals surface area contributed by atoms with E-state index in [0.29, 0.717) is 16.8 Å². The van der Waals surface area contributed by atoms with E-state index in [-0.39, 0.29) is 5.75 Å². The average Bonchev–Trinajstić information content (AvgIpc) is 2.64. The Morgan fingerprint density at radius 2 is 1.92 bits per heavy atom. The molecule has 7 heteroatoms. The van der Waals surface area contributed by atoms with E-state index in [1.807, 2.05) is 18.3 Å². The van der Waals surface area contributed by atoms with Crippen LogP contribution in [0, 0.1) is 12.7 Å². The summed E-state index contributed by atoms with van der Waals surface area (Å²) in [4.78, 5) is 8.46. The van der Waals surface area contributed by atoms with Gasteiger partial charge in [0.15, 0.2) is 11.6 Å². The van der Waals surface area contributed by atoms with Crippen molar-refractivity contribution in [3.8, 4) is 11.5 Å². The van der Waals surface area contributed by atoms with Gasteiger partial charge < -0.3 is 9.46 Å².